The summed E-state index contributed by atoms with van der Waals surface area (Å²) in [7, 11) is -1.13. The molecule has 1 heterocycles. The maximum atomic E-state index is 6.06. The zero-order valence-electron chi connectivity index (χ0n) is 11.9. The van der Waals surface area contributed by atoms with Crippen molar-refractivity contribution in [2.45, 2.75) is 27.3 Å². The number of hydrogen-bond acceptors (Lipinski definition) is 3. The number of hydrogen-bond donors (Lipinski definition) is 1. The van der Waals surface area contributed by atoms with Crippen LogP contribution >= 0.6 is 8.53 Å². The first-order valence-electron chi connectivity index (χ1n) is 6.69. The lowest BCUT2D eigenvalue weighted by molar-refractivity contribution is 0.449. The normalized spacial score (nSPS) is 17.2. The summed E-state index contributed by atoms with van der Waals surface area (Å²) in [6.07, 6.45) is 0. The number of nitrogens with one attached hydrogen (secondary N) is 1. The summed E-state index contributed by atoms with van der Waals surface area (Å²) in [6.45, 7) is 6.96. The van der Waals surface area contributed by atoms with Crippen molar-refractivity contribution in [1.29, 1.82) is 0 Å². The van der Waals surface area contributed by atoms with E-state index in [9.17, 15) is 0 Å². The van der Waals surface area contributed by atoms with Gasteiger partial charge in [0.1, 0.15) is 11.5 Å². The summed E-state index contributed by atoms with van der Waals surface area (Å²) in [5, 5.41) is 3.33. The average molecular weight is 287 g/mol. The lowest BCUT2D eigenvalue weighted by Crippen LogP contribution is -2.20. The Bertz CT molecular complexity index is 622. The summed E-state index contributed by atoms with van der Waals surface area (Å²) in [5.41, 5.74) is 4.61. The van der Waals surface area contributed by atoms with E-state index in [0.29, 0.717) is 0 Å². The molecule has 0 fully saturated rings. The van der Waals surface area contributed by atoms with Crippen molar-refractivity contribution in [2.75, 3.05) is 0 Å². The van der Waals surface area contributed by atoms with Gasteiger partial charge in [-0.3, -0.25) is 0 Å². The molecule has 1 atom stereocenters. The quantitative estimate of drug-likeness (QED) is 0.830. The lowest BCUT2D eigenvalue weighted by atomic mass is 10.1. The van der Waals surface area contributed by atoms with Crippen molar-refractivity contribution in [3.05, 3.63) is 58.7 Å². The second-order valence-electron chi connectivity index (χ2n) is 5.06. The summed E-state index contributed by atoms with van der Waals surface area (Å²) in [5.74, 6) is 1.88. The minimum Gasteiger partial charge on any atom is -0.427 e. The van der Waals surface area contributed by atoms with Crippen LogP contribution in [0.25, 0.3) is 0 Å². The average Bonchev–Trinajstić information content (AvgIpc) is 2.44. The Morgan fingerprint density at radius 1 is 1.00 bits per heavy atom. The van der Waals surface area contributed by atoms with Gasteiger partial charge in [-0.15, -0.1) is 0 Å². The van der Waals surface area contributed by atoms with Gasteiger partial charge < -0.3 is 9.05 Å². The second kappa shape index (κ2) is 5.43. The van der Waals surface area contributed by atoms with Crippen LogP contribution < -0.4 is 14.1 Å². The smallest absolute Gasteiger partial charge is 0.381 e. The molecule has 1 aliphatic rings. The molecule has 0 spiro atoms. The standard InChI is InChI=1S/C16H18NO2P/c1-11-6-4-7-12(2)15(11)18-20-17-10-14-9-5-8-13(3)16(14)19-20/h4-9,17H,10H2,1-3H3. The van der Waals surface area contributed by atoms with Gasteiger partial charge in [0.05, 0.1) is 0 Å². The first kappa shape index (κ1) is 13.4. The maximum Gasteiger partial charge on any atom is 0.381 e. The molecule has 3 nitrogen and oxygen atoms in total. The molecule has 20 heavy (non-hydrogen) atoms. The Hall–Kier alpha value is -1.57. The van der Waals surface area contributed by atoms with Crippen LogP contribution in [0.15, 0.2) is 36.4 Å². The second-order valence-corrected chi connectivity index (χ2v) is 6.25. The molecule has 104 valence electrons. The fourth-order valence-corrected chi connectivity index (χ4v) is 3.67. The Kier molecular flexibility index (Phi) is 3.64. The third-order valence-corrected chi connectivity index (χ3v) is 4.56. The molecule has 2 aromatic carbocycles. The van der Waals surface area contributed by atoms with Crippen LogP contribution in [-0.4, -0.2) is 0 Å². The van der Waals surface area contributed by atoms with Gasteiger partial charge in [-0.1, -0.05) is 36.4 Å². The van der Waals surface area contributed by atoms with E-state index in [2.05, 4.69) is 56.2 Å². The number of fused-ring (bicyclic) bond motifs is 1. The molecule has 2 aromatic rings. The molecule has 0 saturated heterocycles. The number of para-hydroxylation sites is 2. The largest absolute Gasteiger partial charge is 0.427 e. The van der Waals surface area contributed by atoms with Crippen LogP contribution in [0, 0.1) is 20.8 Å². The molecule has 3 rings (SSSR count). The predicted octanol–water partition coefficient (Wildman–Crippen LogP) is 4.40. The third-order valence-electron chi connectivity index (χ3n) is 3.45. The molecule has 0 radical (unpaired) electrons. The first-order valence-corrected chi connectivity index (χ1v) is 7.87. The van der Waals surface area contributed by atoms with E-state index in [4.69, 9.17) is 9.05 Å². The summed E-state index contributed by atoms with van der Waals surface area (Å²) >= 11 is 0. The highest BCUT2D eigenvalue weighted by atomic mass is 31.2. The Balaban J connectivity index is 1.83. The molecule has 1 aliphatic heterocycles. The van der Waals surface area contributed by atoms with E-state index in [1.807, 2.05) is 6.07 Å². The number of rotatable bonds is 2. The van der Waals surface area contributed by atoms with Crippen LogP contribution in [0.1, 0.15) is 22.3 Å². The number of benzene rings is 2. The van der Waals surface area contributed by atoms with Gasteiger partial charge in [0.25, 0.3) is 0 Å². The number of aryl methyl sites for hydroxylation is 3. The highest BCUT2D eigenvalue weighted by Gasteiger charge is 2.24. The minimum absolute atomic E-state index is 0.785. The summed E-state index contributed by atoms with van der Waals surface area (Å²) in [6, 6.07) is 12.4. The fourth-order valence-electron chi connectivity index (χ4n) is 2.32. The van der Waals surface area contributed by atoms with Crippen molar-refractivity contribution >= 4 is 8.53 Å². The Morgan fingerprint density at radius 3 is 2.40 bits per heavy atom. The highest BCUT2D eigenvalue weighted by molar-refractivity contribution is 7.45. The molecule has 4 heteroatoms. The van der Waals surface area contributed by atoms with Crippen molar-refractivity contribution in [1.82, 2.24) is 5.09 Å². The van der Waals surface area contributed by atoms with Crippen molar-refractivity contribution in [3.63, 3.8) is 0 Å². The van der Waals surface area contributed by atoms with Gasteiger partial charge in [0, 0.05) is 12.1 Å². The molecule has 0 amide bonds. The van der Waals surface area contributed by atoms with Crippen LogP contribution in [0.2, 0.25) is 0 Å². The lowest BCUT2D eigenvalue weighted by Gasteiger charge is -2.27. The molecular formula is C16H18NO2P. The molecule has 0 aliphatic carbocycles. The molecule has 1 N–H and O–H groups in total. The predicted molar refractivity (Wildman–Crippen MR) is 82.1 cm³/mol. The van der Waals surface area contributed by atoms with Crippen molar-refractivity contribution in [3.8, 4) is 11.5 Å². The molecular weight excluding hydrogens is 269 g/mol. The molecule has 0 aromatic heterocycles. The topological polar surface area (TPSA) is 30.5 Å². The van der Waals surface area contributed by atoms with E-state index in [1.54, 1.807) is 0 Å². The van der Waals surface area contributed by atoms with Gasteiger partial charge in [-0.05, 0) is 37.5 Å². The zero-order chi connectivity index (χ0) is 14.1. The van der Waals surface area contributed by atoms with E-state index in [0.717, 1.165) is 34.7 Å². The van der Waals surface area contributed by atoms with Crippen LogP contribution in [0.3, 0.4) is 0 Å². The monoisotopic (exact) mass is 287 g/mol. The first-order chi connectivity index (χ1) is 9.65. The Labute approximate surface area is 120 Å². The Morgan fingerprint density at radius 2 is 1.65 bits per heavy atom. The van der Waals surface area contributed by atoms with Gasteiger partial charge in [0.2, 0.25) is 0 Å². The van der Waals surface area contributed by atoms with E-state index < -0.39 is 8.53 Å². The van der Waals surface area contributed by atoms with Gasteiger partial charge >= 0.3 is 8.53 Å². The summed E-state index contributed by atoms with van der Waals surface area (Å²) < 4.78 is 12.1. The van der Waals surface area contributed by atoms with Crippen molar-refractivity contribution < 1.29 is 9.05 Å². The molecule has 0 bridgehead atoms. The zero-order valence-corrected chi connectivity index (χ0v) is 12.8. The third kappa shape index (κ3) is 2.52. The molecule has 0 saturated carbocycles. The van der Waals surface area contributed by atoms with Crippen LogP contribution in [0.5, 0.6) is 11.5 Å². The fraction of sp³-hybridized carbons (Fsp3) is 0.250. The maximum absolute atomic E-state index is 6.06. The van der Waals surface area contributed by atoms with Gasteiger partial charge in [0.15, 0.2) is 0 Å². The van der Waals surface area contributed by atoms with E-state index in [1.165, 1.54) is 5.56 Å². The van der Waals surface area contributed by atoms with Crippen molar-refractivity contribution in [2.24, 2.45) is 0 Å². The van der Waals surface area contributed by atoms with Gasteiger partial charge in [-0.2, -0.15) is 0 Å². The highest BCUT2D eigenvalue weighted by Crippen LogP contribution is 2.44. The van der Waals surface area contributed by atoms with E-state index >= 15 is 0 Å². The SMILES string of the molecule is Cc1cccc(C)c1OP1NCc2cccc(C)c2O1. The van der Waals surface area contributed by atoms with E-state index in [-0.39, 0.29) is 0 Å². The summed E-state index contributed by atoms with van der Waals surface area (Å²) in [4.78, 5) is 0. The van der Waals surface area contributed by atoms with Crippen LogP contribution in [0.4, 0.5) is 0 Å². The minimum atomic E-state index is -1.13. The molecule has 1 unspecified atom stereocenters. The van der Waals surface area contributed by atoms with Gasteiger partial charge in [-0.25, -0.2) is 5.09 Å². The van der Waals surface area contributed by atoms with Crippen LogP contribution in [-0.2, 0) is 6.54 Å².